The van der Waals surface area contributed by atoms with Crippen molar-refractivity contribution in [2.75, 3.05) is 0 Å². The SMILES string of the molecule is CC(C)(C)c1nc2ccccc2nc1-c1ccc(-c2ccc3ccccc3c2)cc1. The lowest BCUT2D eigenvalue weighted by Crippen LogP contribution is -2.16. The molecule has 0 bridgehead atoms. The molecule has 2 heteroatoms. The highest BCUT2D eigenvalue weighted by atomic mass is 14.8. The Hall–Kier alpha value is -3.52. The number of fused-ring (bicyclic) bond motifs is 2. The smallest absolute Gasteiger partial charge is 0.0930 e. The first kappa shape index (κ1) is 18.5. The van der Waals surface area contributed by atoms with Crippen LogP contribution in [0.1, 0.15) is 26.5 Å². The van der Waals surface area contributed by atoms with Crippen molar-refractivity contribution in [1.29, 1.82) is 0 Å². The zero-order valence-corrected chi connectivity index (χ0v) is 17.6. The summed E-state index contributed by atoms with van der Waals surface area (Å²) in [6.07, 6.45) is 0. The first-order valence-electron chi connectivity index (χ1n) is 10.4. The van der Waals surface area contributed by atoms with Gasteiger partial charge in [0.15, 0.2) is 0 Å². The van der Waals surface area contributed by atoms with Crippen LogP contribution >= 0.6 is 0 Å². The number of nitrogens with zero attached hydrogens (tertiary/aromatic N) is 2. The monoisotopic (exact) mass is 388 g/mol. The molecule has 0 aliphatic heterocycles. The molecule has 0 aliphatic rings. The lowest BCUT2D eigenvalue weighted by atomic mass is 9.88. The average Bonchev–Trinajstić information content (AvgIpc) is 2.77. The van der Waals surface area contributed by atoms with Gasteiger partial charge in [-0.05, 0) is 40.1 Å². The summed E-state index contributed by atoms with van der Waals surface area (Å²) in [7, 11) is 0. The topological polar surface area (TPSA) is 25.8 Å². The first-order valence-corrected chi connectivity index (χ1v) is 10.4. The lowest BCUT2D eigenvalue weighted by molar-refractivity contribution is 0.571. The van der Waals surface area contributed by atoms with Gasteiger partial charge >= 0.3 is 0 Å². The van der Waals surface area contributed by atoms with E-state index in [-0.39, 0.29) is 5.41 Å². The second-order valence-corrected chi connectivity index (χ2v) is 8.80. The molecule has 0 atom stereocenters. The van der Waals surface area contributed by atoms with Crippen LogP contribution in [0.15, 0.2) is 91.0 Å². The van der Waals surface area contributed by atoms with Gasteiger partial charge in [-0.15, -0.1) is 0 Å². The molecule has 1 heterocycles. The number of benzene rings is 4. The summed E-state index contributed by atoms with van der Waals surface area (Å²) < 4.78 is 0. The number of rotatable bonds is 2. The van der Waals surface area contributed by atoms with Gasteiger partial charge in [-0.2, -0.15) is 0 Å². The molecule has 0 saturated carbocycles. The lowest BCUT2D eigenvalue weighted by Gasteiger charge is -2.21. The van der Waals surface area contributed by atoms with Gasteiger partial charge in [0, 0.05) is 11.0 Å². The van der Waals surface area contributed by atoms with Crippen LogP contribution in [0.4, 0.5) is 0 Å². The second kappa shape index (κ2) is 7.07. The zero-order chi connectivity index (χ0) is 20.7. The van der Waals surface area contributed by atoms with Crippen molar-refractivity contribution < 1.29 is 0 Å². The fourth-order valence-electron chi connectivity index (χ4n) is 3.91. The van der Waals surface area contributed by atoms with E-state index in [0.29, 0.717) is 0 Å². The molecule has 146 valence electrons. The third kappa shape index (κ3) is 3.35. The second-order valence-electron chi connectivity index (χ2n) is 8.80. The van der Waals surface area contributed by atoms with Crippen molar-refractivity contribution in [2.24, 2.45) is 0 Å². The average molecular weight is 389 g/mol. The number of para-hydroxylation sites is 2. The molecular formula is C28H24N2. The van der Waals surface area contributed by atoms with Crippen molar-refractivity contribution in [1.82, 2.24) is 9.97 Å². The molecule has 0 unspecified atom stereocenters. The van der Waals surface area contributed by atoms with E-state index in [1.165, 1.54) is 21.9 Å². The summed E-state index contributed by atoms with van der Waals surface area (Å²) >= 11 is 0. The molecule has 0 saturated heterocycles. The van der Waals surface area contributed by atoms with Gasteiger partial charge in [-0.3, -0.25) is 0 Å². The largest absolute Gasteiger partial charge is 0.248 e. The highest BCUT2D eigenvalue weighted by Gasteiger charge is 2.22. The van der Waals surface area contributed by atoms with Gasteiger partial charge in [-0.1, -0.05) is 93.6 Å². The molecule has 0 N–H and O–H groups in total. The summed E-state index contributed by atoms with van der Waals surface area (Å²) in [4.78, 5) is 9.97. The molecule has 1 aromatic heterocycles. The molecule has 4 aromatic carbocycles. The van der Waals surface area contributed by atoms with E-state index in [1.807, 2.05) is 24.3 Å². The number of hydrogen-bond donors (Lipinski definition) is 0. The highest BCUT2D eigenvalue weighted by Crippen LogP contribution is 2.33. The Labute approximate surface area is 177 Å². The van der Waals surface area contributed by atoms with E-state index in [4.69, 9.17) is 9.97 Å². The van der Waals surface area contributed by atoms with E-state index < -0.39 is 0 Å². The molecule has 0 aliphatic carbocycles. The van der Waals surface area contributed by atoms with Gasteiger partial charge in [0.2, 0.25) is 0 Å². The predicted molar refractivity (Wildman–Crippen MR) is 127 cm³/mol. The Kier molecular flexibility index (Phi) is 4.36. The first-order chi connectivity index (χ1) is 14.5. The van der Waals surface area contributed by atoms with Crippen LogP contribution < -0.4 is 0 Å². The van der Waals surface area contributed by atoms with Crippen LogP contribution in [-0.2, 0) is 5.41 Å². The van der Waals surface area contributed by atoms with Crippen LogP contribution in [0.3, 0.4) is 0 Å². The van der Waals surface area contributed by atoms with Crippen molar-refractivity contribution in [3.05, 3.63) is 96.7 Å². The van der Waals surface area contributed by atoms with Crippen molar-refractivity contribution >= 4 is 21.8 Å². The van der Waals surface area contributed by atoms with Gasteiger partial charge in [0.1, 0.15) is 0 Å². The number of aromatic nitrogens is 2. The quantitative estimate of drug-likeness (QED) is 0.314. The molecule has 2 nitrogen and oxygen atoms in total. The Morgan fingerprint density at radius 3 is 1.80 bits per heavy atom. The third-order valence-electron chi connectivity index (χ3n) is 5.52. The summed E-state index contributed by atoms with van der Waals surface area (Å²) in [6.45, 7) is 6.58. The van der Waals surface area contributed by atoms with Crippen LogP contribution in [-0.4, -0.2) is 9.97 Å². The molecule has 5 rings (SSSR count). The highest BCUT2D eigenvalue weighted by molar-refractivity contribution is 5.87. The molecule has 0 fully saturated rings. The van der Waals surface area contributed by atoms with E-state index in [9.17, 15) is 0 Å². The fraction of sp³-hybridized carbons (Fsp3) is 0.143. The normalized spacial score (nSPS) is 11.8. The Morgan fingerprint density at radius 1 is 0.533 bits per heavy atom. The molecule has 0 spiro atoms. The molecule has 0 amide bonds. The van der Waals surface area contributed by atoms with E-state index in [2.05, 4.69) is 87.5 Å². The summed E-state index contributed by atoms with van der Waals surface area (Å²) in [5.41, 5.74) is 7.30. The van der Waals surface area contributed by atoms with Crippen LogP contribution in [0.25, 0.3) is 44.2 Å². The molecule has 30 heavy (non-hydrogen) atoms. The minimum absolute atomic E-state index is 0.0939. The minimum Gasteiger partial charge on any atom is -0.248 e. The molecular weight excluding hydrogens is 364 g/mol. The van der Waals surface area contributed by atoms with Crippen molar-refractivity contribution in [2.45, 2.75) is 26.2 Å². The standard InChI is InChI=1S/C28H24N2/c1-28(2,3)27-26(29-24-10-6-7-11-25(24)30-27)21-15-12-20(13-16-21)23-17-14-19-8-4-5-9-22(19)18-23/h4-18H,1-3H3. The van der Waals surface area contributed by atoms with Gasteiger partial charge in [0.05, 0.1) is 22.4 Å². The van der Waals surface area contributed by atoms with E-state index in [0.717, 1.165) is 28.0 Å². The third-order valence-corrected chi connectivity index (χ3v) is 5.52. The molecule has 0 radical (unpaired) electrons. The van der Waals surface area contributed by atoms with Gasteiger partial charge < -0.3 is 0 Å². The van der Waals surface area contributed by atoms with E-state index >= 15 is 0 Å². The van der Waals surface area contributed by atoms with Crippen LogP contribution in [0.2, 0.25) is 0 Å². The Balaban J connectivity index is 1.60. The minimum atomic E-state index is -0.0939. The summed E-state index contributed by atoms with van der Waals surface area (Å²) in [5, 5.41) is 2.52. The van der Waals surface area contributed by atoms with Crippen LogP contribution in [0.5, 0.6) is 0 Å². The maximum absolute atomic E-state index is 4.99. The molecule has 5 aromatic rings. The van der Waals surface area contributed by atoms with Crippen molar-refractivity contribution in [3.63, 3.8) is 0 Å². The maximum Gasteiger partial charge on any atom is 0.0930 e. The Morgan fingerprint density at radius 2 is 1.10 bits per heavy atom. The number of hydrogen-bond acceptors (Lipinski definition) is 2. The van der Waals surface area contributed by atoms with Crippen molar-refractivity contribution in [3.8, 4) is 22.4 Å². The fourth-order valence-corrected chi connectivity index (χ4v) is 3.91. The Bertz CT molecular complexity index is 1360. The van der Waals surface area contributed by atoms with Gasteiger partial charge in [0.25, 0.3) is 0 Å². The predicted octanol–water partition coefficient (Wildman–Crippen LogP) is 7.41. The zero-order valence-electron chi connectivity index (χ0n) is 17.6. The van der Waals surface area contributed by atoms with E-state index in [1.54, 1.807) is 0 Å². The summed E-state index contributed by atoms with van der Waals surface area (Å²) in [5.74, 6) is 0. The van der Waals surface area contributed by atoms with Gasteiger partial charge in [-0.25, -0.2) is 9.97 Å². The summed E-state index contributed by atoms with van der Waals surface area (Å²) in [6, 6.07) is 31.9. The van der Waals surface area contributed by atoms with Crippen LogP contribution in [0, 0.1) is 0 Å². The maximum atomic E-state index is 4.99.